The second-order valence-electron chi connectivity index (χ2n) is 7.17. The number of nitrogens with one attached hydrogen (secondary N) is 3. The van der Waals surface area contributed by atoms with E-state index in [1.54, 1.807) is 58.0 Å². The number of hydrogen-bond donors (Lipinski definition) is 3. The fraction of sp³-hybridized carbons (Fsp3) is 0.333. The van der Waals surface area contributed by atoms with Gasteiger partial charge in [0, 0.05) is 10.7 Å². The molecule has 0 heterocycles. The number of carbonyl (C=O) groups is 2. The summed E-state index contributed by atoms with van der Waals surface area (Å²) in [5, 5.41) is 5.57. The highest BCUT2D eigenvalue weighted by Gasteiger charge is 2.25. The van der Waals surface area contributed by atoms with Gasteiger partial charge in [0.1, 0.15) is 6.04 Å². The van der Waals surface area contributed by atoms with Crippen molar-refractivity contribution in [3.05, 3.63) is 53.1 Å². The van der Waals surface area contributed by atoms with Gasteiger partial charge in [-0.1, -0.05) is 37.6 Å². The molecule has 0 radical (unpaired) electrons. The van der Waals surface area contributed by atoms with Crippen molar-refractivity contribution in [1.82, 2.24) is 5.32 Å². The predicted molar refractivity (Wildman–Crippen MR) is 121 cm³/mol. The summed E-state index contributed by atoms with van der Waals surface area (Å²) in [4.78, 5) is 24.4. The molecule has 0 spiro atoms. The fourth-order valence-corrected chi connectivity index (χ4v) is 4.30. The lowest BCUT2D eigenvalue weighted by atomic mass is 10.0. The van der Waals surface area contributed by atoms with Crippen LogP contribution in [0.15, 0.2) is 47.4 Å². The molecule has 0 fully saturated rings. The molecule has 168 valence electrons. The Kier molecular flexibility index (Phi) is 8.29. The van der Waals surface area contributed by atoms with Gasteiger partial charge in [0.25, 0.3) is 10.0 Å². The first-order valence-corrected chi connectivity index (χ1v) is 11.5. The summed E-state index contributed by atoms with van der Waals surface area (Å²) in [6.07, 6.45) is -0.700. The van der Waals surface area contributed by atoms with Crippen LogP contribution in [0.4, 0.5) is 16.2 Å². The van der Waals surface area contributed by atoms with E-state index in [9.17, 15) is 18.0 Å². The van der Waals surface area contributed by atoms with Crippen LogP contribution in [0.25, 0.3) is 0 Å². The summed E-state index contributed by atoms with van der Waals surface area (Å²) in [5.41, 5.74) is 1.09. The van der Waals surface area contributed by atoms with E-state index in [1.165, 1.54) is 12.1 Å². The molecule has 2 aromatic rings. The van der Waals surface area contributed by atoms with Crippen molar-refractivity contribution >= 4 is 45.0 Å². The first-order chi connectivity index (χ1) is 14.5. The third kappa shape index (κ3) is 6.86. The molecule has 0 aliphatic heterocycles. The molecule has 1 unspecified atom stereocenters. The van der Waals surface area contributed by atoms with Crippen molar-refractivity contribution < 1.29 is 22.7 Å². The molecule has 10 heteroatoms. The van der Waals surface area contributed by atoms with Crippen LogP contribution in [0.5, 0.6) is 0 Å². The summed E-state index contributed by atoms with van der Waals surface area (Å²) in [6, 6.07) is 10.0. The molecule has 0 saturated heterocycles. The quantitative estimate of drug-likeness (QED) is 0.539. The van der Waals surface area contributed by atoms with Crippen molar-refractivity contribution in [2.45, 2.75) is 38.6 Å². The molecule has 3 N–H and O–H groups in total. The average Bonchev–Trinajstić information content (AvgIpc) is 2.67. The van der Waals surface area contributed by atoms with Crippen LogP contribution in [-0.4, -0.2) is 33.1 Å². The molecule has 0 saturated carbocycles. The minimum atomic E-state index is -3.93. The molecule has 2 rings (SSSR count). The lowest BCUT2D eigenvalue weighted by Gasteiger charge is -2.21. The number of alkyl carbamates (subject to hydrolysis) is 1. The summed E-state index contributed by atoms with van der Waals surface area (Å²) >= 11 is 5.92. The zero-order chi connectivity index (χ0) is 23.2. The molecular formula is C21H26ClN3O5S. The Bertz CT molecular complexity index is 1060. The van der Waals surface area contributed by atoms with E-state index in [0.29, 0.717) is 16.3 Å². The summed E-state index contributed by atoms with van der Waals surface area (Å²) in [7, 11) is -3.93. The Morgan fingerprint density at radius 2 is 1.81 bits per heavy atom. The summed E-state index contributed by atoms with van der Waals surface area (Å²) in [5.74, 6) is -0.708. The highest BCUT2D eigenvalue weighted by molar-refractivity contribution is 7.92. The first kappa shape index (κ1) is 24.5. The van der Waals surface area contributed by atoms with Crippen molar-refractivity contribution in [3.63, 3.8) is 0 Å². The van der Waals surface area contributed by atoms with Gasteiger partial charge in [-0.05, 0) is 55.7 Å². The van der Waals surface area contributed by atoms with Crippen LogP contribution in [0.2, 0.25) is 5.02 Å². The fourth-order valence-electron chi connectivity index (χ4n) is 2.78. The number of benzene rings is 2. The topological polar surface area (TPSA) is 114 Å². The molecule has 2 aromatic carbocycles. The summed E-state index contributed by atoms with van der Waals surface area (Å²) < 4.78 is 33.1. The van der Waals surface area contributed by atoms with Crippen molar-refractivity contribution in [2.24, 2.45) is 5.92 Å². The number of sulfonamides is 1. The van der Waals surface area contributed by atoms with E-state index >= 15 is 0 Å². The molecule has 2 amide bonds. The van der Waals surface area contributed by atoms with E-state index in [-0.39, 0.29) is 23.1 Å². The third-order valence-electron chi connectivity index (χ3n) is 4.32. The maximum Gasteiger partial charge on any atom is 0.407 e. The first-order valence-electron chi connectivity index (χ1n) is 9.66. The highest BCUT2D eigenvalue weighted by Crippen LogP contribution is 2.24. The van der Waals surface area contributed by atoms with Gasteiger partial charge in [-0.3, -0.25) is 9.52 Å². The van der Waals surface area contributed by atoms with E-state index in [2.05, 4.69) is 15.4 Å². The van der Waals surface area contributed by atoms with Crippen LogP contribution < -0.4 is 15.4 Å². The van der Waals surface area contributed by atoms with Crippen molar-refractivity contribution in [1.29, 1.82) is 0 Å². The van der Waals surface area contributed by atoms with Crippen molar-refractivity contribution in [2.75, 3.05) is 16.6 Å². The summed E-state index contributed by atoms with van der Waals surface area (Å²) in [6.45, 7) is 7.04. The van der Waals surface area contributed by atoms with Crippen LogP contribution >= 0.6 is 11.6 Å². The van der Waals surface area contributed by atoms with E-state index < -0.39 is 28.1 Å². The Labute approximate surface area is 187 Å². The van der Waals surface area contributed by atoms with Crippen LogP contribution in [0.1, 0.15) is 26.3 Å². The van der Waals surface area contributed by atoms with Gasteiger partial charge >= 0.3 is 6.09 Å². The Morgan fingerprint density at radius 1 is 1.10 bits per heavy atom. The number of ether oxygens (including phenoxy) is 1. The minimum absolute atomic E-state index is 0.00437. The molecule has 0 aliphatic rings. The number of aryl methyl sites for hydroxylation is 1. The Hall–Kier alpha value is -2.78. The van der Waals surface area contributed by atoms with Gasteiger partial charge in [-0.25, -0.2) is 13.2 Å². The maximum atomic E-state index is 12.9. The van der Waals surface area contributed by atoms with Gasteiger partial charge in [0.2, 0.25) is 5.91 Å². The molecular weight excluding hydrogens is 442 g/mol. The average molecular weight is 468 g/mol. The Morgan fingerprint density at radius 3 is 2.42 bits per heavy atom. The number of rotatable bonds is 8. The number of anilines is 2. The van der Waals surface area contributed by atoms with E-state index in [1.807, 2.05) is 0 Å². The number of carbonyl (C=O) groups excluding carboxylic acids is 2. The zero-order valence-electron chi connectivity index (χ0n) is 17.7. The zero-order valence-corrected chi connectivity index (χ0v) is 19.3. The third-order valence-corrected chi connectivity index (χ3v) is 6.08. The van der Waals surface area contributed by atoms with Gasteiger partial charge in [-0.15, -0.1) is 0 Å². The maximum absolute atomic E-state index is 12.9. The number of amides is 2. The smallest absolute Gasteiger partial charge is 0.407 e. The molecule has 0 bridgehead atoms. The molecule has 1 atom stereocenters. The van der Waals surface area contributed by atoms with Gasteiger partial charge < -0.3 is 15.4 Å². The number of hydrogen-bond acceptors (Lipinski definition) is 5. The normalized spacial score (nSPS) is 12.2. The second kappa shape index (κ2) is 10.5. The van der Waals surface area contributed by atoms with Gasteiger partial charge in [0.15, 0.2) is 0 Å². The Balaban J connectivity index is 2.25. The standard InChI is InChI=1S/C21H26ClN3O5S/c1-5-30-21(27)24-19(13(2)3)20(26)23-16-10-9-14(4)18(12-16)31(28,29)25-17-8-6-7-15(22)11-17/h6-13,19,25H,5H2,1-4H3,(H,23,26)(H,24,27). The molecule has 0 aliphatic carbocycles. The highest BCUT2D eigenvalue weighted by atomic mass is 35.5. The molecule has 31 heavy (non-hydrogen) atoms. The molecule has 8 nitrogen and oxygen atoms in total. The van der Waals surface area contributed by atoms with Gasteiger partial charge in [0.05, 0.1) is 17.2 Å². The molecule has 0 aromatic heterocycles. The van der Waals surface area contributed by atoms with Crippen molar-refractivity contribution in [3.8, 4) is 0 Å². The second-order valence-corrected chi connectivity index (χ2v) is 9.26. The van der Waals surface area contributed by atoms with E-state index in [4.69, 9.17) is 16.3 Å². The number of halogens is 1. The largest absolute Gasteiger partial charge is 0.450 e. The van der Waals surface area contributed by atoms with E-state index in [0.717, 1.165) is 0 Å². The van der Waals surface area contributed by atoms with Crippen LogP contribution in [0.3, 0.4) is 0 Å². The van der Waals surface area contributed by atoms with Crippen LogP contribution in [0, 0.1) is 12.8 Å². The SMILES string of the molecule is CCOC(=O)NC(C(=O)Nc1ccc(C)c(S(=O)(=O)Nc2cccc(Cl)c2)c1)C(C)C. The monoisotopic (exact) mass is 467 g/mol. The van der Waals surface area contributed by atoms with Crippen LogP contribution in [-0.2, 0) is 19.6 Å². The minimum Gasteiger partial charge on any atom is -0.450 e. The lowest BCUT2D eigenvalue weighted by molar-refractivity contribution is -0.119. The lowest BCUT2D eigenvalue weighted by Crippen LogP contribution is -2.47. The van der Waals surface area contributed by atoms with Gasteiger partial charge in [-0.2, -0.15) is 0 Å². The predicted octanol–water partition coefficient (Wildman–Crippen LogP) is 4.16.